The SMILES string of the molecule is CCOC1(c2nc(C)cc(CN)n2)CCCC1. The minimum Gasteiger partial charge on any atom is -0.367 e. The largest absolute Gasteiger partial charge is 0.367 e. The molecule has 0 aliphatic heterocycles. The van der Waals surface area contributed by atoms with Crippen LogP contribution in [0, 0.1) is 6.92 Å². The summed E-state index contributed by atoms with van der Waals surface area (Å²) in [6.45, 7) is 5.17. The Morgan fingerprint density at radius 3 is 2.65 bits per heavy atom. The lowest BCUT2D eigenvalue weighted by Gasteiger charge is -2.27. The second-order valence-electron chi connectivity index (χ2n) is 4.66. The summed E-state index contributed by atoms with van der Waals surface area (Å²) in [5.74, 6) is 0.831. The second kappa shape index (κ2) is 5.10. The molecule has 2 N–H and O–H groups in total. The lowest BCUT2D eigenvalue weighted by Crippen LogP contribution is -2.29. The zero-order valence-corrected chi connectivity index (χ0v) is 10.7. The molecule has 0 atom stereocenters. The first-order chi connectivity index (χ1) is 8.20. The third-order valence-corrected chi connectivity index (χ3v) is 3.36. The Morgan fingerprint density at radius 1 is 1.35 bits per heavy atom. The fourth-order valence-electron chi connectivity index (χ4n) is 2.60. The molecule has 1 saturated carbocycles. The van der Waals surface area contributed by atoms with Crippen molar-refractivity contribution in [1.29, 1.82) is 0 Å². The van der Waals surface area contributed by atoms with Crippen molar-refractivity contribution in [3.63, 3.8) is 0 Å². The number of ether oxygens (including phenoxy) is 1. The van der Waals surface area contributed by atoms with Gasteiger partial charge in [-0.3, -0.25) is 0 Å². The van der Waals surface area contributed by atoms with Crippen LogP contribution < -0.4 is 5.73 Å². The molecule has 2 rings (SSSR count). The molecule has 17 heavy (non-hydrogen) atoms. The molecule has 4 nitrogen and oxygen atoms in total. The van der Waals surface area contributed by atoms with E-state index in [1.807, 2.05) is 19.9 Å². The van der Waals surface area contributed by atoms with Crippen LogP contribution in [0.3, 0.4) is 0 Å². The summed E-state index contributed by atoms with van der Waals surface area (Å²) in [5.41, 5.74) is 7.29. The quantitative estimate of drug-likeness (QED) is 0.867. The van der Waals surface area contributed by atoms with Gasteiger partial charge in [0.1, 0.15) is 5.60 Å². The highest BCUT2D eigenvalue weighted by molar-refractivity contribution is 5.15. The number of hydrogen-bond acceptors (Lipinski definition) is 4. The van der Waals surface area contributed by atoms with E-state index in [0.717, 1.165) is 30.1 Å². The standard InChI is InChI=1S/C13H21N3O/c1-3-17-13(6-4-5-7-13)12-15-10(2)8-11(9-14)16-12/h8H,3-7,9,14H2,1-2H3. The van der Waals surface area contributed by atoms with Crippen LogP contribution in [0.1, 0.15) is 49.8 Å². The lowest BCUT2D eigenvalue weighted by atomic mass is 10.0. The van der Waals surface area contributed by atoms with E-state index in [0.29, 0.717) is 13.2 Å². The molecule has 4 heteroatoms. The fraction of sp³-hybridized carbons (Fsp3) is 0.692. The first-order valence-corrected chi connectivity index (χ1v) is 6.39. The first-order valence-electron chi connectivity index (χ1n) is 6.39. The fourth-order valence-corrected chi connectivity index (χ4v) is 2.60. The van der Waals surface area contributed by atoms with Crippen molar-refractivity contribution < 1.29 is 4.74 Å². The van der Waals surface area contributed by atoms with E-state index in [1.54, 1.807) is 0 Å². The second-order valence-corrected chi connectivity index (χ2v) is 4.66. The van der Waals surface area contributed by atoms with E-state index in [9.17, 15) is 0 Å². The highest BCUT2D eigenvalue weighted by Crippen LogP contribution is 2.40. The van der Waals surface area contributed by atoms with Gasteiger partial charge in [-0.1, -0.05) is 0 Å². The number of rotatable bonds is 4. The molecule has 1 heterocycles. The summed E-state index contributed by atoms with van der Waals surface area (Å²) >= 11 is 0. The smallest absolute Gasteiger partial charge is 0.160 e. The molecule has 94 valence electrons. The molecule has 0 aromatic carbocycles. The predicted molar refractivity (Wildman–Crippen MR) is 66.4 cm³/mol. The van der Waals surface area contributed by atoms with Crippen LogP contribution in [0.15, 0.2) is 6.07 Å². The molecule has 0 spiro atoms. The minimum absolute atomic E-state index is 0.259. The predicted octanol–water partition coefficient (Wildman–Crippen LogP) is 2.05. The van der Waals surface area contributed by atoms with Gasteiger partial charge in [0.05, 0.1) is 5.69 Å². The average molecular weight is 235 g/mol. The van der Waals surface area contributed by atoms with Crippen LogP contribution in [-0.4, -0.2) is 16.6 Å². The minimum atomic E-state index is -0.259. The highest BCUT2D eigenvalue weighted by Gasteiger charge is 2.39. The van der Waals surface area contributed by atoms with Gasteiger partial charge in [-0.15, -0.1) is 0 Å². The Balaban J connectivity index is 2.38. The van der Waals surface area contributed by atoms with Crippen molar-refractivity contribution >= 4 is 0 Å². The van der Waals surface area contributed by atoms with Gasteiger partial charge >= 0.3 is 0 Å². The van der Waals surface area contributed by atoms with E-state index >= 15 is 0 Å². The molecule has 0 saturated heterocycles. The molecule has 1 aromatic heterocycles. The lowest BCUT2D eigenvalue weighted by molar-refractivity contribution is -0.0459. The van der Waals surface area contributed by atoms with Gasteiger partial charge in [-0.25, -0.2) is 9.97 Å². The van der Waals surface area contributed by atoms with Crippen LogP contribution in [0.2, 0.25) is 0 Å². The van der Waals surface area contributed by atoms with Gasteiger partial charge in [-0.2, -0.15) is 0 Å². The summed E-state index contributed by atoms with van der Waals surface area (Å²) in [6, 6.07) is 1.94. The van der Waals surface area contributed by atoms with Gasteiger partial charge in [0.15, 0.2) is 5.82 Å². The van der Waals surface area contributed by atoms with Crippen LogP contribution in [-0.2, 0) is 16.9 Å². The Kier molecular flexibility index (Phi) is 3.74. The summed E-state index contributed by atoms with van der Waals surface area (Å²) in [7, 11) is 0. The molecular weight excluding hydrogens is 214 g/mol. The van der Waals surface area contributed by atoms with Crippen LogP contribution in [0.4, 0.5) is 0 Å². The molecule has 0 radical (unpaired) electrons. The molecular formula is C13H21N3O. The van der Waals surface area contributed by atoms with E-state index in [4.69, 9.17) is 10.5 Å². The van der Waals surface area contributed by atoms with Crippen molar-refractivity contribution in [1.82, 2.24) is 9.97 Å². The average Bonchev–Trinajstić information content (AvgIpc) is 2.78. The molecule has 1 aliphatic rings. The number of aryl methyl sites for hydroxylation is 1. The summed E-state index contributed by atoms with van der Waals surface area (Å²) < 4.78 is 5.97. The Labute approximate surface area is 103 Å². The monoisotopic (exact) mass is 235 g/mol. The van der Waals surface area contributed by atoms with Crippen molar-refractivity contribution in [2.75, 3.05) is 6.61 Å². The van der Waals surface area contributed by atoms with Gasteiger partial charge in [0.25, 0.3) is 0 Å². The number of hydrogen-bond donors (Lipinski definition) is 1. The van der Waals surface area contributed by atoms with Crippen molar-refractivity contribution in [3.05, 3.63) is 23.3 Å². The van der Waals surface area contributed by atoms with Crippen LogP contribution in [0.25, 0.3) is 0 Å². The van der Waals surface area contributed by atoms with Gasteiger partial charge in [0, 0.05) is 18.8 Å². The van der Waals surface area contributed by atoms with Crippen LogP contribution in [0.5, 0.6) is 0 Å². The van der Waals surface area contributed by atoms with E-state index < -0.39 is 0 Å². The molecule has 0 unspecified atom stereocenters. The topological polar surface area (TPSA) is 61.0 Å². The van der Waals surface area contributed by atoms with Crippen molar-refractivity contribution in [2.45, 2.75) is 51.7 Å². The van der Waals surface area contributed by atoms with Crippen molar-refractivity contribution in [2.24, 2.45) is 5.73 Å². The van der Waals surface area contributed by atoms with E-state index in [-0.39, 0.29) is 5.60 Å². The molecule has 0 bridgehead atoms. The maximum Gasteiger partial charge on any atom is 0.160 e. The zero-order chi connectivity index (χ0) is 12.3. The van der Waals surface area contributed by atoms with Crippen molar-refractivity contribution in [3.8, 4) is 0 Å². The summed E-state index contributed by atoms with van der Waals surface area (Å²) in [4.78, 5) is 9.13. The summed E-state index contributed by atoms with van der Waals surface area (Å²) in [5, 5.41) is 0. The molecule has 1 aliphatic carbocycles. The number of aromatic nitrogens is 2. The molecule has 1 fully saturated rings. The van der Waals surface area contributed by atoms with Gasteiger partial charge in [-0.05, 0) is 45.6 Å². The summed E-state index contributed by atoms with van der Waals surface area (Å²) in [6.07, 6.45) is 4.42. The maximum atomic E-state index is 5.97. The zero-order valence-electron chi connectivity index (χ0n) is 10.7. The van der Waals surface area contributed by atoms with Gasteiger partial charge in [0.2, 0.25) is 0 Å². The maximum absolute atomic E-state index is 5.97. The Hall–Kier alpha value is -1.00. The first kappa shape index (κ1) is 12.5. The van der Waals surface area contributed by atoms with Crippen LogP contribution >= 0.6 is 0 Å². The molecule has 0 amide bonds. The molecule has 1 aromatic rings. The van der Waals surface area contributed by atoms with Gasteiger partial charge < -0.3 is 10.5 Å². The van der Waals surface area contributed by atoms with E-state index in [2.05, 4.69) is 9.97 Å². The highest BCUT2D eigenvalue weighted by atomic mass is 16.5. The third-order valence-electron chi connectivity index (χ3n) is 3.36. The van der Waals surface area contributed by atoms with E-state index in [1.165, 1.54) is 12.8 Å². The third kappa shape index (κ3) is 2.48. The normalized spacial score (nSPS) is 18.5. The number of nitrogens with two attached hydrogens (primary N) is 1. The Bertz CT molecular complexity index is 386. The number of nitrogens with zero attached hydrogens (tertiary/aromatic N) is 2. The Morgan fingerprint density at radius 2 is 2.06 bits per heavy atom.